The Morgan fingerprint density at radius 2 is 1.77 bits per heavy atom. The molecule has 2 atom stereocenters. The first-order valence-corrected chi connectivity index (χ1v) is 9.49. The van der Waals surface area contributed by atoms with Crippen LogP contribution in [0.4, 0.5) is 8.78 Å². The molecule has 1 aliphatic heterocycles. The number of hydrogen-bond acceptors (Lipinski definition) is 3. The van der Waals surface area contributed by atoms with Gasteiger partial charge in [-0.05, 0) is 42.6 Å². The molecule has 0 amide bonds. The van der Waals surface area contributed by atoms with E-state index in [4.69, 9.17) is 5.73 Å². The molecule has 4 nitrogen and oxygen atoms in total. The fourth-order valence-corrected chi connectivity index (χ4v) is 4.89. The molecule has 0 spiro atoms. The van der Waals surface area contributed by atoms with Crippen molar-refractivity contribution in [2.45, 2.75) is 17.7 Å². The molecule has 0 radical (unpaired) electrons. The Balaban J connectivity index is 0.00000243. The minimum absolute atomic E-state index is 0. The fourth-order valence-electron chi connectivity index (χ4n) is 3.31. The third-order valence-electron chi connectivity index (χ3n) is 4.77. The summed E-state index contributed by atoms with van der Waals surface area (Å²) in [4.78, 5) is -0.625. The normalized spacial score (nSPS) is 20.8. The Morgan fingerprint density at radius 3 is 2.38 bits per heavy atom. The highest BCUT2D eigenvalue weighted by molar-refractivity contribution is 7.89. The molecule has 142 valence electrons. The number of hydrogen-bond donors (Lipinski definition) is 1. The summed E-state index contributed by atoms with van der Waals surface area (Å²) in [6, 6.07) is 11.2. The first kappa shape index (κ1) is 20.8. The van der Waals surface area contributed by atoms with Gasteiger partial charge in [-0.1, -0.05) is 30.3 Å². The summed E-state index contributed by atoms with van der Waals surface area (Å²) in [5.41, 5.74) is 6.89. The van der Waals surface area contributed by atoms with Gasteiger partial charge in [0.15, 0.2) is 0 Å². The summed E-state index contributed by atoms with van der Waals surface area (Å²) in [6.07, 6.45) is 0. The van der Waals surface area contributed by atoms with E-state index in [9.17, 15) is 17.2 Å². The van der Waals surface area contributed by atoms with Crippen molar-refractivity contribution in [3.05, 3.63) is 65.2 Å². The molecule has 0 bridgehead atoms. The van der Waals surface area contributed by atoms with Gasteiger partial charge in [-0.15, -0.1) is 12.4 Å². The average Bonchev–Trinajstić information content (AvgIpc) is 3.04. The predicted molar refractivity (Wildman–Crippen MR) is 98.8 cm³/mol. The van der Waals surface area contributed by atoms with Gasteiger partial charge in [-0.3, -0.25) is 0 Å². The molecular formula is C18H21ClF2N2O2S. The second-order valence-corrected chi connectivity index (χ2v) is 8.27. The van der Waals surface area contributed by atoms with Crippen LogP contribution in [0.2, 0.25) is 0 Å². The second-order valence-electron chi connectivity index (χ2n) is 6.37. The molecule has 1 fully saturated rings. The zero-order valence-electron chi connectivity index (χ0n) is 14.2. The molecule has 0 aliphatic carbocycles. The average molecular weight is 403 g/mol. The Bertz CT molecular complexity index is 878. The lowest BCUT2D eigenvalue weighted by molar-refractivity contribution is 0.451. The summed E-state index contributed by atoms with van der Waals surface area (Å²) in [7, 11) is -4.13. The van der Waals surface area contributed by atoms with Crippen LogP contribution in [-0.2, 0) is 10.0 Å². The lowest BCUT2D eigenvalue weighted by Crippen LogP contribution is -2.30. The van der Waals surface area contributed by atoms with Crippen LogP contribution in [0.25, 0.3) is 0 Å². The minimum Gasteiger partial charge on any atom is -0.330 e. The third-order valence-corrected chi connectivity index (χ3v) is 6.62. The van der Waals surface area contributed by atoms with Gasteiger partial charge in [-0.2, -0.15) is 4.31 Å². The fraction of sp³-hybridized carbons (Fsp3) is 0.333. The van der Waals surface area contributed by atoms with Crippen LogP contribution in [0.1, 0.15) is 17.0 Å². The number of aryl methyl sites for hydroxylation is 1. The van der Waals surface area contributed by atoms with Crippen molar-refractivity contribution >= 4 is 22.4 Å². The summed E-state index contributed by atoms with van der Waals surface area (Å²) in [6.45, 7) is 2.09. The number of benzene rings is 2. The predicted octanol–water partition coefficient (Wildman–Crippen LogP) is 3.06. The molecule has 1 saturated heterocycles. The Labute approximate surface area is 158 Å². The van der Waals surface area contributed by atoms with Gasteiger partial charge in [0.2, 0.25) is 10.0 Å². The molecule has 3 rings (SSSR count). The van der Waals surface area contributed by atoms with Gasteiger partial charge in [0.25, 0.3) is 0 Å². The summed E-state index contributed by atoms with van der Waals surface area (Å²) < 4.78 is 54.8. The molecule has 2 aromatic carbocycles. The standard InChI is InChI=1S/C18H20F2N2O2S.ClH/c1-12-7-17(20)18(8-16(12)19)25(23,24)22-10-14(9-21)15(11-22)13-5-3-2-4-6-13;/h2-8,14-15H,9-11,21H2,1H3;1H/t14-,15+;/m1./s1. The van der Waals surface area contributed by atoms with Crippen LogP contribution in [0.15, 0.2) is 47.4 Å². The highest BCUT2D eigenvalue weighted by Crippen LogP contribution is 2.35. The molecular weight excluding hydrogens is 382 g/mol. The van der Waals surface area contributed by atoms with Crippen molar-refractivity contribution in [3.8, 4) is 0 Å². The van der Waals surface area contributed by atoms with Crippen molar-refractivity contribution < 1.29 is 17.2 Å². The number of rotatable bonds is 4. The minimum atomic E-state index is -4.13. The van der Waals surface area contributed by atoms with Gasteiger partial charge in [0, 0.05) is 19.0 Å². The van der Waals surface area contributed by atoms with Gasteiger partial charge in [0.1, 0.15) is 16.5 Å². The van der Waals surface area contributed by atoms with Gasteiger partial charge in [0.05, 0.1) is 0 Å². The van der Waals surface area contributed by atoms with Crippen LogP contribution in [0.5, 0.6) is 0 Å². The van der Waals surface area contributed by atoms with Crippen molar-refractivity contribution in [3.63, 3.8) is 0 Å². The van der Waals surface area contributed by atoms with E-state index >= 15 is 0 Å². The molecule has 0 aromatic heterocycles. The van der Waals surface area contributed by atoms with E-state index in [2.05, 4.69) is 0 Å². The van der Waals surface area contributed by atoms with Gasteiger partial charge < -0.3 is 5.73 Å². The summed E-state index contributed by atoms with van der Waals surface area (Å²) in [5, 5.41) is 0. The van der Waals surface area contributed by atoms with Gasteiger partial charge in [-0.25, -0.2) is 17.2 Å². The Morgan fingerprint density at radius 1 is 1.12 bits per heavy atom. The zero-order valence-corrected chi connectivity index (χ0v) is 15.9. The first-order valence-electron chi connectivity index (χ1n) is 8.05. The van der Waals surface area contributed by atoms with Crippen LogP contribution >= 0.6 is 12.4 Å². The quantitative estimate of drug-likeness (QED) is 0.854. The Hall–Kier alpha value is -1.54. The maximum absolute atomic E-state index is 14.2. The maximum atomic E-state index is 14.2. The number of nitrogens with zero attached hydrogens (tertiary/aromatic N) is 1. The maximum Gasteiger partial charge on any atom is 0.246 e. The van der Waals surface area contributed by atoms with E-state index in [0.717, 1.165) is 17.7 Å². The lowest BCUT2D eigenvalue weighted by Gasteiger charge is -2.17. The molecule has 2 aromatic rings. The third kappa shape index (κ3) is 3.76. The van der Waals surface area contributed by atoms with E-state index in [1.165, 1.54) is 11.2 Å². The monoisotopic (exact) mass is 402 g/mol. The van der Waals surface area contributed by atoms with Crippen molar-refractivity contribution in [1.29, 1.82) is 0 Å². The highest BCUT2D eigenvalue weighted by atomic mass is 35.5. The van der Waals surface area contributed by atoms with Crippen LogP contribution < -0.4 is 5.73 Å². The van der Waals surface area contributed by atoms with E-state index in [1.807, 2.05) is 30.3 Å². The number of nitrogens with two attached hydrogens (primary N) is 1. The second kappa shape index (κ2) is 8.00. The molecule has 8 heteroatoms. The Kier molecular flexibility index (Phi) is 6.39. The lowest BCUT2D eigenvalue weighted by atomic mass is 9.89. The number of halogens is 3. The summed E-state index contributed by atoms with van der Waals surface area (Å²) in [5.74, 6) is -1.82. The largest absolute Gasteiger partial charge is 0.330 e. The van der Waals surface area contributed by atoms with Crippen LogP contribution in [-0.4, -0.2) is 32.4 Å². The van der Waals surface area contributed by atoms with Crippen molar-refractivity contribution in [2.24, 2.45) is 11.7 Å². The van der Waals surface area contributed by atoms with E-state index < -0.39 is 26.6 Å². The van der Waals surface area contributed by atoms with E-state index in [-0.39, 0.29) is 42.9 Å². The van der Waals surface area contributed by atoms with Gasteiger partial charge >= 0.3 is 0 Å². The molecule has 2 N–H and O–H groups in total. The smallest absolute Gasteiger partial charge is 0.246 e. The SMILES string of the molecule is Cc1cc(F)c(S(=O)(=O)N2C[C@@H](CN)[C@H](c3ccccc3)C2)cc1F.Cl. The van der Waals surface area contributed by atoms with E-state index in [1.54, 1.807) is 0 Å². The summed E-state index contributed by atoms with van der Waals surface area (Å²) >= 11 is 0. The first-order chi connectivity index (χ1) is 11.8. The van der Waals surface area contributed by atoms with Crippen molar-refractivity contribution in [2.75, 3.05) is 19.6 Å². The number of sulfonamides is 1. The zero-order chi connectivity index (χ0) is 18.2. The molecule has 1 aliphatic rings. The van der Waals surface area contributed by atoms with Crippen LogP contribution in [0, 0.1) is 24.5 Å². The molecule has 26 heavy (non-hydrogen) atoms. The van der Waals surface area contributed by atoms with Crippen molar-refractivity contribution in [1.82, 2.24) is 4.31 Å². The molecule has 0 saturated carbocycles. The van der Waals surface area contributed by atoms with Crippen LogP contribution in [0.3, 0.4) is 0 Å². The molecule has 1 heterocycles. The molecule has 0 unspecified atom stereocenters. The highest BCUT2D eigenvalue weighted by Gasteiger charge is 2.40. The van der Waals surface area contributed by atoms with E-state index in [0.29, 0.717) is 6.54 Å². The topological polar surface area (TPSA) is 63.4 Å².